The van der Waals surface area contributed by atoms with Crippen molar-refractivity contribution in [2.45, 2.75) is 32.0 Å². The third kappa shape index (κ3) is 1.40. The van der Waals surface area contributed by atoms with Crippen LogP contribution in [-0.2, 0) is 0 Å². The molecule has 1 saturated heterocycles. The monoisotopic (exact) mass is 232 g/mol. The molecular formula is C13H16N2O2. The summed E-state index contributed by atoms with van der Waals surface area (Å²) < 4.78 is 6.03. The molecule has 17 heavy (non-hydrogen) atoms. The fourth-order valence-corrected chi connectivity index (χ4v) is 2.84. The number of hydrogen-bond acceptors (Lipinski definition) is 2. The second kappa shape index (κ2) is 3.39. The van der Waals surface area contributed by atoms with Gasteiger partial charge in [0.05, 0.1) is 6.04 Å². The number of hydrogen-bond donors (Lipinski definition) is 1. The van der Waals surface area contributed by atoms with Gasteiger partial charge in [-0.05, 0) is 19.9 Å². The predicted molar refractivity (Wildman–Crippen MR) is 63.7 cm³/mol. The number of rotatable bonds is 1. The summed E-state index contributed by atoms with van der Waals surface area (Å²) in [4.78, 5) is 13.7. The predicted octanol–water partition coefficient (Wildman–Crippen LogP) is 2.27. The standard InChI is InChI=1S/C13H16N2O2/c1-3-15-12(16)14-10-8-13(15,2)17-11-7-5-4-6-9(10)11/h4-7,10H,3,8H2,1-2H3,(H,14,16). The molecule has 0 aromatic heterocycles. The lowest BCUT2D eigenvalue weighted by Gasteiger charge is -2.50. The molecule has 1 aromatic carbocycles. The first-order valence-corrected chi connectivity index (χ1v) is 6.00. The summed E-state index contributed by atoms with van der Waals surface area (Å²) in [5, 5.41) is 3.04. The van der Waals surface area contributed by atoms with Gasteiger partial charge >= 0.3 is 6.03 Å². The van der Waals surface area contributed by atoms with Crippen molar-refractivity contribution in [1.29, 1.82) is 0 Å². The second-order valence-electron chi connectivity index (χ2n) is 4.77. The van der Waals surface area contributed by atoms with Crippen LogP contribution in [0.5, 0.6) is 5.75 Å². The molecule has 1 N–H and O–H groups in total. The van der Waals surface area contributed by atoms with Crippen LogP contribution in [0.4, 0.5) is 4.79 Å². The van der Waals surface area contributed by atoms with Crippen LogP contribution in [0.3, 0.4) is 0 Å². The molecule has 2 aliphatic heterocycles. The summed E-state index contributed by atoms with van der Waals surface area (Å²) in [7, 11) is 0. The Kier molecular flexibility index (Phi) is 2.08. The van der Waals surface area contributed by atoms with Crippen molar-refractivity contribution in [1.82, 2.24) is 10.2 Å². The number of para-hydroxylation sites is 1. The van der Waals surface area contributed by atoms with Gasteiger partial charge in [-0.3, -0.25) is 4.90 Å². The van der Waals surface area contributed by atoms with E-state index in [0.717, 1.165) is 17.7 Å². The zero-order valence-corrected chi connectivity index (χ0v) is 10.1. The van der Waals surface area contributed by atoms with E-state index in [9.17, 15) is 4.79 Å². The quantitative estimate of drug-likeness (QED) is 0.807. The highest BCUT2D eigenvalue weighted by Crippen LogP contribution is 2.43. The Hall–Kier alpha value is -1.71. The first-order valence-electron chi connectivity index (χ1n) is 6.00. The minimum Gasteiger partial charge on any atom is -0.468 e. The molecule has 1 aromatic rings. The van der Waals surface area contributed by atoms with Crippen LogP contribution in [0, 0.1) is 0 Å². The molecule has 0 radical (unpaired) electrons. The van der Waals surface area contributed by atoms with E-state index in [4.69, 9.17) is 4.74 Å². The molecule has 2 amide bonds. The third-order valence-corrected chi connectivity index (χ3v) is 3.64. The fourth-order valence-electron chi connectivity index (χ4n) is 2.84. The van der Waals surface area contributed by atoms with Crippen LogP contribution >= 0.6 is 0 Å². The van der Waals surface area contributed by atoms with Crippen molar-refractivity contribution in [3.05, 3.63) is 29.8 Å². The summed E-state index contributed by atoms with van der Waals surface area (Å²) in [5.74, 6) is 0.879. The molecule has 1 fully saturated rings. The zero-order chi connectivity index (χ0) is 12.0. The molecule has 2 bridgehead atoms. The van der Waals surface area contributed by atoms with Gasteiger partial charge in [-0.15, -0.1) is 0 Å². The zero-order valence-electron chi connectivity index (χ0n) is 10.1. The van der Waals surface area contributed by atoms with Crippen LogP contribution in [0.2, 0.25) is 0 Å². The van der Waals surface area contributed by atoms with Gasteiger partial charge in [-0.2, -0.15) is 0 Å². The average Bonchev–Trinajstić information content (AvgIpc) is 2.28. The van der Waals surface area contributed by atoms with Crippen LogP contribution in [0.15, 0.2) is 24.3 Å². The van der Waals surface area contributed by atoms with Gasteiger partial charge in [0.25, 0.3) is 0 Å². The molecule has 2 aliphatic rings. The Bertz CT molecular complexity index is 474. The number of nitrogens with one attached hydrogen (secondary N) is 1. The van der Waals surface area contributed by atoms with E-state index in [2.05, 4.69) is 5.32 Å². The second-order valence-corrected chi connectivity index (χ2v) is 4.77. The topological polar surface area (TPSA) is 41.6 Å². The lowest BCUT2D eigenvalue weighted by molar-refractivity contribution is -0.0815. The van der Waals surface area contributed by atoms with E-state index in [1.165, 1.54) is 0 Å². The molecule has 3 rings (SSSR count). The summed E-state index contributed by atoms with van der Waals surface area (Å²) in [6.45, 7) is 4.60. The van der Waals surface area contributed by atoms with Gasteiger partial charge in [0.2, 0.25) is 0 Å². The van der Waals surface area contributed by atoms with Crippen LogP contribution < -0.4 is 10.1 Å². The van der Waals surface area contributed by atoms with Gasteiger partial charge in [0.1, 0.15) is 5.75 Å². The molecule has 0 saturated carbocycles. The van der Waals surface area contributed by atoms with E-state index < -0.39 is 5.72 Å². The lowest BCUT2D eigenvalue weighted by Crippen LogP contribution is -2.64. The van der Waals surface area contributed by atoms with Crippen LogP contribution in [0.1, 0.15) is 31.9 Å². The highest BCUT2D eigenvalue weighted by molar-refractivity contribution is 5.77. The molecule has 2 heterocycles. The Morgan fingerprint density at radius 3 is 3.06 bits per heavy atom. The number of carbonyl (C=O) groups excluding carboxylic acids is 1. The fraction of sp³-hybridized carbons (Fsp3) is 0.462. The number of benzene rings is 1. The van der Waals surface area contributed by atoms with E-state index in [0.29, 0.717) is 6.54 Å². The van der Waals surface area contributed by atoms with E-state index in [1.54, 1.807) is 4.90 Å². The van der Waals surface area contributed by atoms with Gasteiger partial charge in [-0.1, -0.05) is 18.2 Å². The van der Waals surface area contributed by atoms with Crippen molar-refractivity contribution in [3.8, 4) is 5.75 Å². The van der Waals surface area contributed by atoms with Gasteiger partial charge < -0.3 is 10.1 Å². The summed E-state index contributed by atoms with van der Waals surface area (Å²) in [6.07, 6.45) is 0.795. The van der Waals surface area contributed by atoms with Crippen LogP contribution in [-0.4, -0.2) is 23.2 Å². The number of ether oxygens (including phenoxy) is 1. The van der Waals surface area contributed by atoms with E-state index in [-0.39, 0.29) is 12.1 Å². The first-order chi connectivity index (χ1) is 8.14. The molecule has 90 valence electrons. The third-order valence-electron chi connectivity index (χ3n) is 3.64. The lowest BCUT2D eigenvalue weighted by atomic mass is 9.90. The maximum atomic E-state index is 12.0. The molecular weight excluding hydrogens is 216 g/mol. The number of amides is 2. The van der Waals surface area contributed by atoms with E-state index >= 15 is 0 Å². The Labute approximate surface area is 101 Å². The Morgan fingerprint density at radius 2 is 2.29 bits per heavy atom. The number of fused-ring (bicyclic) bond motifs is 4. The van der Waals surface area contributed by atoms with Crippen molar-refractivity contribution >= 4 is 6.03 Å². The summed E-state index contributed by atoms with van der Waals surface area (Å²) in [6, 6.07) is 7.94. The number of nitrogens with zero attached hydrogens (tertiary/aromatic N) is 1. The SMILES string of the molecule is CCN1C(=O)NC2CC1(C)Oc1ccccc12. The van der Waals surface area contributed by atoms with Gasteiger partial charge in [0, 0.05) is 18.5 Å². The van der Waals surface area contributed by atoms with Crippen molar-refractivity contribution < 1.29 is 9.53 Å². The number of carbonyl (C=O) groups is 1. The van der Waals surface area contributed by atoms with Gasteiger partial charge in [-0.25, -0.2) is 4.79 Å². The van der Waals surface area contributed by atoms with E-state index in [1.807, 2.05) is 38.1 Å². The maximum Gasteiger partial charge on any atom is 0.320 e. The normalized spacial score (nSPS) is 30.4. The minimum absolute atomic E-state index is 0.0410. The average molecular weight is 232 g/mol. The minimum atomic E-state index is -0.518. The maximum absolute atomic E-state index is 12.0. The van der Waals surface area contributed by atoms with Crippen molar-refractivity contribution in [2.24, 2.45) is 0 Å². The molecule has 0 spiro atoms. The Balaban J connectivity index is 2.08. The Morgan fingerprint density at radius 1 is 1.53 bits per heavy atom. The summed E-state index contributed by atoms with van der Waals surface area (Å²) >= 11 is 0. The summed E-state index contributed by atoms with van der Waals surface area (Å²) in [5.41, 5.74) is 0.560. The highest BCUT2D eigenvalue weighted by atomic mass is 16.5. The molecule has 4 heteroatoms. The van der Waals surface area contributed by atoms with Crippen LogP contribution in [0.25, 0.3) is 0 Å². The molecule has 0 aliphatic carbocycles. The highest BCUT2D eigenvalue weighted by Gasteiger charge is 2.48. The van der Waals surface area contributed by atoms with Gasteiger partial charge in [0.15, 0.2) is 5.72 Å². The first kappa shape index (κ1) is 10.4. The van der Waals surface area contributed by atoms with Crippen molar-refractivity contribution in [2.75, 3.05) is 6.54 Å². The molecule has 2 unspecified atom stereocenters. The largest absolute Gasteiger partial charge is 0.468 e. The molecule has 2 atom stereocenters. The number of urea groups is 1. The molecule has 4 nitrogen and oxygen atoms in total. The smallest absolute Gasteiger partial charge is 0.320 e. The van der Waals surface area contributed by atoms with Crippen molar-refractivity contribution in [3.63, 3.8) is 0 Å².